The van der Waals surface area contributed by atoms with Crippen LogP contribution in [0.2, 0.25) is 0 Å². The smallest absolute Gasteiger partial charge is 0.327 e. The van der Waals surface area contributed by atoms with Crippen molar-refractivity contribution in [2.75, 3.05) is 20.2 Å². The Morgan fingerprint density at radius 1 is 0.880 bits per heavy atom. The number of nitrogens with zero attached hydrogens (tertiary/aromatic N) is 1. The molecule has 3 heteroatoms. The topological polar surface area (TPSA) is 29.5 Å². The number of esters is 1. The summed E-state index contributed by atoms with van der Waals surface area (Å²) in [5.41, 5.74) is -0.298. The van der Waals surface area contributed by atoms with Gasteiger partial charge in [0.1, 0.15) is 5.54 Å². The number of carbonyl (C=O) groups is 1. The van der Waals surface area contributed by atoms with E-state index < -0.39 is 5.54 Å². The van der Waals surface area contributed by atoms with Crippen molar-refractivity contribution in [2.45, 2.75) is 110 Å². The molecule has 1 heterocycles. The van der Waals surface area contributed by atoms with Crippen molar-refractivity contribution in [1.82, 2.24) is 4.90 Å². The third-order valence-electron chi connectivity index (χ3n) is 6.43. The second-order valence-electron chi connectivity index (χ2n) is 8.11. The lowest BCUT2D eigenvalue weighted by molar-refractivity contribution is -0.165. The minimum absolute atomic E-state index is 0.0709. The molecule has 0 saturated carbocycles. The molecule has 0 aromatic carbocycles. The molecule has 25 heavy (non-hydrogen) atoms. The molecular formula is C22H43NO2. The monoisotopic (exact) mass is 353 g/mol. The van der Waals surface area contributed by atoms with Crippen LogP contribution in [0.3, 0.4) is 0 Å². The van der Waals surface area contributed by atoms with Gasteiger partial charge in [0, 0.05) is 5.41 Å². The average molecular weight is 354 g/mol. The van der Waals surface area contributed by atoms with E-state index in [1.165, 1.54) is 38.5 Å². The highest BCUT2D eigenvalue weighted by Gasteiger charge is 2.61. The van der Waals surface area contributed by atoms with Crippen LogP contribution in [0.25, 0.3) is 0 Å². The predicted octanol–water partition coefficient (Wildman–Crippen LogP) is 5.96. The minimum atomic E-state index is -0.402. The lowest BCUT2D eigenvalue weighted by Gasteiger charge is -2.47. The van der Waals surface area contributed by atoms with E-state index in [0.717, 1.165) is 45.1 Å². The molecule has 0 aromatic rings. The zero-order valence-corrected chi connectivity index (χ0v) is 17.7. The van der Waals surface area contributed by atoms with Gasteiger partial charge >= 0.3 is 5.97 Å². The zero-order chi connectivity index (χ0) is 18.8. The van der Waals surface area contributed by atoms with Gasteiger partial charge in [-0.05, 0) is 45.7 Å². The molecule has 3 nitrogen and oxygen atoms in total. The van der Waals surface area contributed by atoms with Gasteiger partial charge in [0.25, 0.3) is 0 Å². The molecule has 1 saturated heterocycles. The summed E-state index contributed by atoms with van der Waals surface area (Å²) in [6, 6.07) is 0. The summed E-state index contributed by atoms with van der Waals surface area (Å²) >= 11 is 0. The van der Waals surface area contributed by atoms with Crippen molar-refractivity contribution < 1.29 is 9.53 Å². The van der Waals surface area contributed by atoms with Crippen molar-refractivity contribution in [1.29, 1.82) is 0 Å². The van der Waals surface area contributed by atoms with Crippen LogP contribution in [0.4, 0.5) is 0 Å². The van der Waals surface area contributed by atoms with Gasteiger partial charge in [-0.3, -0.25) is 9.69 Å². The van der Waals surface area contributed by atoms with E-state index in [2.05, 4.69) is 39.6 Å². The van der Waals surface area contributed by atoms with Gasteiger partial charge in [-0.1, -0.05) is 72.6 Å². The summed E-state index contributed by atoms with van der Waals surface area (Å²) < 4.78 is 5.87. The molecule has 1 rings (SSSR count). The number of likely N-dealkylation sites (tertiary alicyclic amines) is 1. The van der Waals surface area contributed by atoms with Crippen LogP contribution in [0.5, 0.6) is 0 Å². The van der Waals surface area contributed by atoms with E-state index in [1.807, 2.05) is 0 Å². The van der Waals surface area contributed by atoms with Gasteiger partial charge in [0.05, 0.1) is 6.61 Å². The number of rotatable bonds is 13. The summed E-state index contributed by atoms with van der Waals surface area (Å²) in [5.74, 6) is 0.0709. The third-order valence-corrected chi connectivity index (χ3v) is 6.43. The first kappa shape index (κ1) is 22.5. The summed E-state index contributed by atoms with van der Waals surface area (Å²) in [5, 5.41) is 0. The van der Waals surface area contributed by atoms with Crippen LogP contribution in [0, 0.1) is 5.41 Å². The molecule has 0 aliphatic carbocycles. The second-order valence-corrected chi connectivity index (χ2v) is 8.11. The van der Waals surface area contributed by atoms with E-state index in [9.17, 15) is 4.79 Å². The molecule has 0 aromatic heterocycles. The predicted molar refractivity (Wildman–Crippen MR) is 107 cm³/mol. The first-order valence-corrected chi connectivity index (χ1v) is 10.9. The Labute approximate surface area is 156 Å². The molecule has 1 aliphatic heterocycles. The summed E-state index contributed by atoms with van der Waals surface area (Å²) in [7, 11) is 2.16. The van der Waals surface area contributed by atoms with Crippen molar-refractivity contribution in [3.8, 4) is 0 Å². The SMILES string of the molecule is CCCCOC(=O)C1(CCCC)N(C)CCC1(CCCC)CCCC. The van der Waals surface area contributed by atoms with Gasteiger partial charge in [0.15, 0.2) is 0 Å². The van der Waals surface area contributed by atoms with Crippen LogP contribution in [0.15, 0.2) is 0 Å². The maximum absolute atomic E-state index is 13.4. The van der Waals surface area contributed by atoms with Crippen molar-refractivity contribution in [3.05, 3.63) is 0 Å². The fourth-order valence-electron chi connectivity index (χ4n) is 4.79. The van der Waals surface area contributed by atoms with Crippen molar-refractivity contribution >= 4 is 5.97 Å². The number of unbranched alkanes of at least 4 members (excludes halogenated alkanes) is 4. The number of hydrogen-bond acceptors (Lipinski definition) is 3. The third kappa shape index (κ3) is 4.99. The van der Waals surface area contributed by atoms with E-state index in [1.54, 1.807) is 0 Å². The van der Waals surface area contributed by atoms with Gasteiger partial charge in [0.2, 0.25) is 0 Å². The zero-order valence-electron chi connectivity index (χ0n) is 17.7. The van der Waals surface area contributed by atoms with E-state index in [4.69, 9.17) is 4.74 Å². The molecule has 0 bridgehead atoms. The second kappa shape index (κ2) is 11.2. The molecule has 0 amide bonds. The number of carbonyl (C=O) groups excluding carboxylic acids is 1. The highest BCUT2D eigenvalue weighted by atomic mass is 16.5. The Morgan fingerprint density at radius 2 is 1.40 bits per heavy atom. The molecule has 148 valence electrons. The highest BCUT2D eigenvalue weighted by Crippen LogP contribution is 2.54. The van der Waals surface area contributed by atoms with Crippen molar-refractivity contribution in [3.63, 3.8) is 0 Å². The van der Waals surface area contributed by atoms with Gasteiger partial charge < -0.3 is 4.74 Å². The first-order chi connectivity index (χ1) is 12.0. The van der Waals surface area contributed by atoms with Gasteiger partial charge in [-0.15, -0.1) is 0 Å². The van der Waals surface area contributed by atoms with Crippen LogP contribution in [-0.4, -0.2) is 36.6 Å². The fraction of sp³-hybridized carbons (Fsp3) is 0.955. The Morgan fingerprint density at radius 3 is 1.92 bits per heavy atom. The summed E-state index contributed by atoms with van der Waals surface area (Å²) in [6.07, 6.45) is 13.6. The van der Waals surface area contributed by atoms with Gasteiger partial charge in [-0.25, -0.2) is 0 Å². The quantitative estimate of drug-likeness (QED) is 0.302. The fourth-order valence-corrected chi connectivity index (χ4v) is 4.79. The Hall–Kier alpha value is -0.570. The van der Waals surface area contributed by atoms with Crippen LogP contribution < -0.4 is 0 Å². The average Bonchev–Trinajstić information content (AvgIpc) is 2.90. The molecule has 0 N–H and O–H groups in total. The lowest BCUT2D eigenvalue weighted by atomic mass is 9.62. The Balaban J connectivity index is 3.19. The first-order valence-electron chi connectivity index (χ1n) is 10.9. The normalized spacial score (nSPS) is 23.1. The summed E-state index contributed by atoms with van der Waals surface area (Å²) in [4.78, 5) is 15.8. The maximum atomic E-state index is 13.4. The van der Waals surface area contributed by atoms with E-state index >= 15 is 0 Å². The molecule has 1 fully saturated rings. The van der Waals surface area contributed by atoms with Gasteiger partial charge in [-0.2, -0.15) is 0 Å². The molecule has 1 aliphatic rings. The Kier molecular flexibility index (Phi) is 10.1. The standard InChI is InChI=1S/C22H43NO2/c1-6-10-14-21(15-11-7-2)17-18-23(5)22(21,16-12-8-3)20(24)25-19-13-9-4/h6-19H2,1-5H3. The Bertz CT molecular complexity index is 374. The highest BCUT2D eigenvalue weighted by molar-refractivity contribution is 5.82. The van der Waals surface area contributed by atoms with Crippen LogP contribution in [-0.2, 0) is 9.53 Å². The minimum Gasteiger partial charge on any atom is -0.464 e. The molecule has 0 spiro atoms. The van der Waals surface area contributed by atoms with Crippen LogP contribution in [0.1, 0.15) is 105 Å². The molecule has 1 unspecified atom stereocenters. The molecule has 0 radical (unpaired) electrons. The maximum Gasteiger partial charge on any atom is 0.327 e. The number of hydrogen-bond donors (Lipinski definition) is 0. The van der Waals surface area contributed by atoms with Crippen LogP contribution >= 0.6 is 0 Å². The number of ether oxygens (including phenoxy) is 1. The number of likely N-dealkylation sites (N-methyl/N-ethyl adjacent to an activating group) is 1. The lowest BCUT2D eigenvalue weighted by Crippen LogP contribution is -2.59. The largest absolute Gasteiger partial charge is 0.464 e. The molecular weight excluding hydrogens is 310 g/mol. The van der Waals surface area contributed by atoms with E-state index in [-0.39, 0.29) is 11.4 Å². The van der Waals surface area contributed by atoms with Crippen molar-refractivity contribution in [2.24, 2.45) is 5.41 Å². The molecule has 1 atom stereocenters. The summed E-state index contributed by atoms with van der Waals surface area (Å²) in [6.45, 7) is 10.5. The van der Waals surface area contributed by atoms with E-state index in [0.29, 0.717) is 6.61 Å².